The van der Waals surface area contributed by atoms with E-state index in [0.717, 1.165) is 12.8 Å². The lowest BCUT2D eigenvalue weighted by Crippen LogP contribution is -2.28. The van der Waals surface area contributed by atoms with Crippen molar-refractivity contribution in [1.82, 2.24) is 9.13 Å². The molecule has 2 heteroatoms. The van der Waals surface area contributed by atoms with Crippen LogP contribution in [0.25, 0.3) is 132 Å². The number of hydrogen-bond acceptors (Lipinski definition) is 0. The van der Waals surface area contributed by atoms with Gasteiger partial charge in [-0.2, -0.15) is 0 Å². The Morgan fingerprint density at radius 2 is 0.750 bits per heavy atom. The van der Waals surface area contributed by atoms with Gasteiger partial charge in [0, 0.05) is 48.5 Å². The van der Waals surface area contributed by atoms with E-state index in [9.17, 15) is 0 Å². The molecule has 278 valence electrons. The highest BCUT2D eigenvalue weighted by Crippen LogP contribution is 2.51. The Hall–Kier alpha value is -7.68. The summed E-state index contributed by atoms with van der Waals surface area (Å²) in [5.41, 5.74) is 7.38. The molecule has 0 saturated carbocycles. The van der Waals surface area contributed by atoms with Gasteiger partial charge in [0.05, 0.1) is 33.4 Å². The molecular weight excluding hydrogens is 725 g/mol. The Balaban J connectivity index is 1.29. The molecular formula is C58H36N2. The molecule has 2 aromatic heterocycles. The van der Waals surface area contributed by atoms with Crippen molar-refractivity contribution in [3.8, 4) is 11.4 Å². The summed E-state index contributed by atoms with van der Waals surface area (Å²) in [6.07, 6.45) is 7.02. The van der Waals surface area contributed by atoms with Crippen molar-refractivity contribution in [3.63, 3.8) is 0 Å². The third-order valence-electron chi connectivity index (χ3n) is 13.6. The van der Waals surface area contributed by atoms with Crippen molar-refractivity contribution in [2.45, 2.75) is 12.8 Å². The molecule has 0 bridgehead atoms. The molecule has 0 amide bonds. The largest absolute Gasteiger partial charge is 0.308 e. The summed E-state index contributed by atoms with van der Waals surface area (Å²) in [5, 5.41) is 23.1. The predicted octanol–water partition coefficient (Wildman–Crippen LogP) is 14.2. The Labute approximate surface area is 344 Å². The van der Waals surface area contributed by atoms with Crippen LogP contribution < -0.4 is 10.4 Å². The van der Waals surface area contributed by atoms with Crippen molar-refractivity contribution < 1.29 is 0 Å². The molecule has 0 aliphatic heterocycles. The Bertz CT molecular complexity index is 4180. The summed E-state index contributed by atoms with van der Waals surface area (Å²) in [6, 6.07) is 68.3. The number of fused-ring (bicyclic) bond motifs is 21. The van der Waals surface area contributed by atoms with E-state index >= 15 is 0 Å². The first-order valence-corrected chi connectivity index (χ1v) is 21.2. The van der Waals surface area contributed by atoms with Gasteiger partial charge >= 0.3 is 0 Å². The summed E-state index contributed by atoms with van der Waals surface area (Å²) in [7, 11) is 0. The minimum Gasteiger partial charge on any atom is -0.308 e. The molecule has 1 aliphatic rings. The van der Waals surface area contributed by atoms with Crippen molar-refractivity contribution >= 4 is 120 Å². The van der Waals surface area contributed by atoms with Gasteiger partial charge in [-0.05, 0) is 85.2 Å². The molecule has 1 aliphatic carbocycles. The van der Waals surface area contributed by atoms with Gasteiger partial charge in [-0.3, -0.25) is 0 Å². The fourth-order valence-corrected chi connectivity index (χ4v) is 11.3. The van der Waals surface area contributed by atoms with Crippen LogP contribution in [0.5, 0.6) is 0 Å². The van der Waals surface area contributed by atoms with Crippen molar-refractivity contribution in [1.29, 1.82) is 0 Å². The summed E-state index contributed by atoms with van der Waals surface area (Å²) < 4.78 is 5.21. The second-order valence-corrected chi connectivity index (χ2v) is 16.6. The average molecular weight is 761 g/mol. The van der Waals surface area contributed by atoms with E-state index in [4.69, 9.17) is 0 Å². The van der Waals surface area contributed by atoms with Crippen LogP contribution in [0.1, 0.15) is 12.8 Å². The lowest BCUT2D eigenvalue weighted by molar-refractivity contribution is 1.11. The third kappa shape index (κ3) is 4.12. The summed E-state index contributed by atoms with van der Waals surface area (Å²) in [6.45, 7) is 0. The van der Waals surface area contributed by atoms with E-state index in [1.165, 1.54) is 130 Å². The maximum Gasteiger partial charge on any atom is 0.0632 e. The van der Waals surface area contributed by atoms with Gasteiger partial charge in [0.25, 0.3) is 0 Å². The molecule has 0 saturated heterocycles. The lowest BCUT2D eigenvalue weighted by atomic mass is 9.90. The van der Waals surface area contributed by atoms with Crippen LogP contribution in [0.3, 0.4) is 0 Å². The molecule has 0 fully saturated rings. The summed E-state index contributed by atoms with van der Waals surface area (Å²) >= 11 is 0. The quantitative estimate of drug-likeness (QED) is 0.155. The van der Waals surface area contributed by atoms with E-state index in [0.29, 0.717) is 0 Å². The number of aromatic nitrogens is 2. The van der Waals surface area contributed by atoms with E-state index in [1.54, 1.807) is 0 Å². The maximum atomic E-state index is 2.61. The van der Waals surface area contributed by atoms with Crippen LogP contribution >= 0.6 is 0 Å². The molecule has 0 unspecified atom stereocenters. The Morgan fingerprint density at radius 1 is 0.300 bits per heavy atom. The highest BCUT2D eigenvalue weighted by Gasteiger charge is 2.27. The molecule has 60 heavy (non-hydrogen) atoms. The van der Waals surface area contributed by atoms with Gasteiger partial charge in [-0.25, -0.2) is 0 Å². The SMILES string of the molecule is C1=c2cc(-n3c4ccccc4c4c5c6ccccc6c6c7ccccc7n(-c7cc8ccccc8c8ccccc78)c6c5c5ccccc5c43)c3ccccc3c2=CCC1. The standard InChI is InChI=1S/C58H36N2/c1-3-19-37-35(17-1)33-51(41-23-7-5-21-39(37)41)59-50-32-16-14-30-48(50)56-54-44-26-10-9-25-43(44)53-47-29-13-15-31-49(47)60(58(53)55(54)45-27-11-12-28-46(45)57(56)59)52-34-36-18-2-4-20-38(36)40-22-6-8-24-42(40)52/h2,4-34H,1,3H2. The second-order valence-electron chi connectivity index (χ2n) is 16.6. The smallest absolute Gasteiger partial charge is 0.0632 e. The van der Waals surface area contributed by atoms with E-state index in [1.807, 2.05) is 0 Å². The number of hydrogen-bond donors (Lipinski definition) is 0. The number of para-hydroxylation sites is 2. The predicted molar refractivity (Wildman–Crippen MR) is 258 cm³/mol. The van der Waals surface area contributed by atoms with E-state index < -0.39 is 0 Å². The van der Waals surface area contributed by atoms with Gasteiger partial charge in [0.1, 0.15) is 0 Å². The minimum absolute atomic E-state index is 1.06. The first-order chi connectivity index (χ1) is 29.8. The molecule has 0 radical (unpaired) electrons. The van der Waals surface area contributed by atoms with Crippen molar-refractivity contribution in [2.24, 2.45) is 0 Å². The van der Waals surface area contributed by atoms with E-state index in [-0.39, 0.29) is 0 Å². The highest BCUT2D eigenvalue weighted by atomic mass is 15.0. The van der Waals surface area contributed by atoms with Crippen LogP contribution in [0, 0.1) is 0 Å². The first-order valence-electron chi connectivity index (χ1n) is 21.2. The molecule has 0 N–H and O–H groups in total. The molecule has 13 aromatic rings. The van der Waals surface area contributed by atoms with Crippen LogP contribution in [0.4, 0.5) is 0 Å². The molecule has 2 nitrogen and oxygen atoms in total. The number of nitrogens with zero attached hydrogens (tertiary/aromatic N) is 2. The van der Waals surface area contributed by atoms with Crippen LogP contribution in [0.2, 0.25) is 0 Å². The Morgan fingerprint density at radius 3 is 1.47 bits per heavy atom. The first kappa shape index (κ1) is 32.3. The minimum atomic E-state index is 1.06. The van der Waals surface area contributed by atoms with Gasteiger partial charge in [0.2, 0.25) is 0 Å². The van der Waals surface area contributed by atoms with Crippen LogP contribution in [-0.2, 0) is 0 Å². The molecule has 11 aromatic carbocycles. The third-order valence-corrected chi connectivity index (χ3v) is 13.6. The highest BCUT2D eigenvalue weighted by molar-refractivity contribution is 6.45. The monoisotopic (exact) mass is 760 g/mol. The average Bonchev–Trinajstić information content (AvgIpc) is 3.85. The van der Waals surface area contributed by atoms with Crippen molar-refractivity contribution in [2.75, 3.05) is 0 Å². The second kappa shape index (κ2) is 11.9. The molecule has 2 heterocycles. The van der Waals surface area contributed by atoms with Gasteiger partial charge in [-0.1, -0.05) is 170 Å². The zero-order valence-corrected chi connectivity index (χ0v) is 32.8. The van der Waals surface area contributed by atoms with Crippen molar-refractivity contribution in [3.05, 3.63) is 192 Å². The molecule has 0 atom stereocenters. The van der Waals surface area contributed by atoms with Crippen LogP contribution in [-0.4, -0.2) is 9.13 Å². The Kier molecular flexibility index (Phi) is 6.43. The van der Waals surface area contributed by atoms with Gasteiger partial charge in [-0.15, -0.1) is 0 Å². The normalized spacial score (nSPS) is 13.1. The zero-order chi connectivity index (χ0) is 39.1. The number of benzene rings is 11. The topological polar surface area (TPSA) is 9.86 Å². The molecule has 0 spiro atoms. The lowest BCUT2D eigenvalue weighted by Gasteiger charge is -2.19. The van der Waals surface area contributed by atoms with Crippen LogP contribution in [0.15, 0.2) is 182 Å². The molecule has 14 rings (SSSR count). The summed E-state index contributed by atoms with van der Waals surface area (Å²) in [5.74, 6) is 0. The van der Waals surface area contributed by atoms with E-state index in [2.05, 4.69) is 203 Å². The maximum absolute atomic E-state index is 2.61. The van der Waals surface area contributed by atoms with Gasteiger partial charge in [0.15, 0.2) is 0 Å². The van der Waals surface area contributed by atoms with Gasteiger partial charge < -0.3 is 9.13 Å². The fraction of sp³-hybridized carbons (Fsp3) is 0.0345. The fourth-order valence-electron chi connectivity index (χ4n) is 11.3. The zero-order valence-electron chi connectivity index (χ0n) is 32.8. The number of rotatable bonds is 2. The summed E-state index contributed by atoms with van der Waals surface area (Å²) in [4.78, 5) is 0.